The van der Waals surface area contributed by atoms with Crippen LogP contribution < -0.4 is 14.2 Å². The Morgan fingerprint density at radius 3 is 2.12 bits per heavy atom. The lowest BCUT2D eigenvalue weighted by Gasteiger charge is -2.19. The summed E-state index contributed by atoms with van der Waals surface area (Å²) in [5, 5.41) is 1.33. The van der Waals surface area contributed by atoms with Crippen LogP contribution in [-0.2, 0) is 9.47 Å². The van der Waals surface area contributed by atoms with Crippen molar-refractivity contribution < 1.29 is 33.3 Å². The van der Waals surface area contributed by atoms with Crippen LogP contribution in [0.15, 0.2) is 36.5 Å². The van der Waals surface area contributed by atoms with Crippen molar-refractivity contribution in [1.29, 1.82) is 0 Å². The van der Waals surface area contributed by atoms with E-state index in [9.17, 15) is 9.59 Å². The SMILES string of the molecule is CCOc1cc2cc(C(=O)OC)c(C(=O)OC)c(-c3ccnc(OC)c3)c2cc1OCC. The summed E-state index contributed by atoms with van der Waals surface area (Å²) in [6.07, 6.45) is 1.56. The zero-order valence-corrected chi connectivity index (χ0v) is 18.7. The fraction of sp³-hybridized carbons (Fsp3) is 0.292. The minimum atomic E-state index is -0.676. The molecule has 0 unspecified atom stereocenters. The van der Waals surface area contributed by atoms with Gasteiger partial charge in [-0.25, -0.2) is 14.6 Å². The summed E-state index contributed by atoms with van der Waals surface area (Å²) in [6, 6.07) is 8.56. The van der Waals surface area contributed by atoms with E-state index in [-0.39, 0.29) is 11.1 Å². The molecule has 3 rings (SSSR count). The molecule has 8 nitrogen and oxygen atoms in total. The molecule has 0 saturated carbocycles. The van der Waals surface area contributed by atoms with Gasteiger partial charge in [-0.05, 0) is 54.4 Å². The Morgan fingerprint density at radius 1 is 0.875 bits per heavy atom. The Labute approximate surface area is 186 Å². The first kappa shape index (κ1) is 22.9. The lowest BCUT2D eigenvalue weighted by molar-refractivity contribution is 0.0556. The zero-order valence-electron chi connectivity index (χ0n) is 18.7. The number of nitrogens with zero attached hydrogens (tertiary/aromatic N) is 1. The molecule has 0 amide bonds. The average Bonchev–Trinajstić information content (AvgIpc) is 2.82. The first-order chi connectivity index (χ1) is 15.5. The number of fused-ring (bicyclic) bond motifs is 1. The second-order valence-corrected chi connectivity index (χ2v) is 6.63. The average molecular weight is 439 g/mol. The molecule has 8 heteroatoms. The number of hydrogen-bond donors (Lipinski definition) is 0. The van der Waals surface area contributed by atoms with Crippen LogP contribution in [0.5, 0.6) is 17.4 Å². The Kier molecular flexibility index (Phi) is 7.14. The van der Waals surface area contributed by atoms with Crippen molar-refractivity contribution in [3.05, 3.63) is 47.7 Å². The van der Waals surface area contributed by atoms with Gasteiger partial charge in [-0.1, -0.05) is 0 Å². The molecule has 0 bridgehead atoms. The fourth-order valence-corrected chi connectivity index (χ4v) is 3.51. The van der Waals surface area contributed by atoms with Gasteiger partial charge in [0.2, 0.25) is 5.88 Å². The molecule has 2 aromatic carbocycles. The van der Waals surface area contributed by atoms with Gasteiger partial charge in [-0.2, -0.15) is 0 Å². The molecule has 0 aliphatic carbocycles. The standard InChI is InChI=1S/C24H25NO7/c1-6-31-18-11-15-10-17(23(26)29-4)22(24(27)30-5)21(16(15)13-19(18)32-7-2)14-8-9-25-20(12-14)28-3/h8-13H,6-7H2,1-5H3. The van der Waals surface area contributed by atoms with E-state index in [1.807, 2.05) is 13.8 Å². The third-order valence-electron chi connectivity index (χ3n) is 4.83. The van der Waals surface area contributed by atoms with Crippen LogP contribution in [0.1, 0.15) is 34.6 Å². The summed E-state index contributed by atoms with van der Waals surface area (Å²) in [5.41, 5.74) is 1.23. The maximum Gasteiger partial charge on any atom is 0.339 e. The summed E-state index contributed by atoms with van der Waals surface area (Å²) in [5.74, 6) is 0.0599. The summed E-state index contributed by atoms with van der Waals surface area (Å²) < 4.78 is 26.8. The lowest BCUT2D eigenvalue weighted by atomic mass is 9.89. The number of hydrogen-bond acceptors (Lipinski definition) is 8. The topological polar surface area (TPSA) is 93.2 Å². The van der Waals surface area contributed by atoms with Crippen LogP contribution >= 0.6 is 0 Å². The van der Waals surface area contributed by atoms with E-state index in [1.54, 1.807) is 36.5 Å². The Balaban J connectivity index is 2.51. The van der Waals surface area contributed by atoms with E-state index in [2.05, 4.69) is 4.98 Å². The maximum atomic E-state index is 12.9. The van der Waals surface area contributed by atoms with E-state index in [0.717, 1.165) is 0 Å². The van der Waals surface area contributed by atoms with Crippen LogP contribution in [-0.4, -0.2) is 51.5 Å². The van der Waals surface area contributed by atoms with Crippen molar-refractivity contribution in [2.45, 2.75) is 13.8 Å². The number of esters is 2. The highest BCUT2D eigenvalue weighted by Crippen LogP contribution is 2.41. The molecule has 1 aromatic heterocycles. The largest absolute Gasteiger partial charge is 0.490 e. The van der Waals surface area contributed by atoms with E-state index < -0.39 is 11.9 Å². The highest BCUT2D eigenvalue weighted by Gasteiger charge is 2.27. The number of pyridine rings is 1. The lowest BCUT2D eigenvalue weighted by Crippen LogP contribution is -2.14. The quantitative estimate of drug-likeness (QED) is 0.480. The Bertz CT molecular complexity index is 1160. The van der Waals surface area contributed by atoms with Gasteiger partial charge >= 0.3 is 11.9 Å². The predicted octanol–water partition coefficient (Wildman–Crippen LogP) is 4.28. The molecule has 0 aliphatic heterocycles. The van der Waals surface area contributed by atoms with E-state index in [1.165, 1.54) is 21.3 Å². The van der Waals surface area contributed by atoms with Crippen molar-refractivity contribution in [1.82, 2.24) is 4.98 Å². The number of carbonyl (C=O) groups excluding carboxylic acids is 2. The fourth-order valence-electron chi connectivity index (χ4n) is 3.51. The Morgan fingerprint density at radius 2 is 1.53 bits per heavy atom. The smallest absolute Gasteiger partial charge is 0.339 e. The minimum Gasteiger partial charge on any atom is -0.490 e. The van der Waals surface area contributed by atoms with Crippen LogP contribution in [0.2, 0.25) is 0 Å². The molecule has 0 aliphatic rings. The zero-order chi connectivity index (χ0) is 23.3. The van der Waals surface area contributed by atoms with Crippen molar-refractivity contribution in [2.24, 2.45) is 0 Å². The first-order valence-electron chi connectivity index (χ1n) is 10.1. The third-order valence-corrected chi connectivity index (χ3v) is 4.83. The van der Waals surface area contributed by atoms with Gasteiger partial charge in [-0.15, -0.1) is 0 Å². The molecule has 32 heavy (non-hydrogen) atoms. The number of ether oxygens (including phenoxy) is 5. The molecular formula is C24H25NO7. The summed E-state index contributed by atoms with van der Waals surface area (Å²) in [4.78, 5) is 29.7. The van der Waals surface area contributed by atoms with Gasteiger partial charge in [0, 0.05) is 17.8 Å². The highest BCUT2D eigenvalue weighted by molar-refractivity contribution is 6.16. The molecule has 0 fully saturated rings. The van der Waals surface area contributed by atoms with Gasteiger partial charge in [0.15, 0.2) is 11.5 Å². The molecule has 0 radical (unpaired) electrons. The van der Waals surface area contributed by atoms with E-state index >= 15 is 0 Å². The van der Waals surface area contributed by atoms with Gasteiger partial charge in [0.1, 0.15) is 0 Å². The predicted molar refractivity (Wildman–Crippen MR) is 119 cm³/mol. The second kappa shape index (κ2) is 10.00. The number of methoxy groups -OCH3 is 3. The molecule has 0 atom stereocenters. The maximum absolute atomic E-state index is 12.9. The van der Waals surface area contributed by atoms with E-state index in [4.69, 9.17) is 23.7 Å². The Hall–Kier alpha value is -3.81. The molecule has 0 saturated heterocycles. The molecule has 1 heterocycles. The number of benzene rings is 2. The highest BCUT2D eigenvalue weighted by atomic mass is 16.5. The normalized spacial score (nSPS) is 10.5. The molecule has 3 aromatic rings. The molecule has 0 N–H and O–H groups in total. The summed E-state index contributed by atoms with van der Waals surface area (Å²) in [6.45, 7) is 4.60. The van der Waals surface area contributed by atoms with Crippen LogP contribution in [0.4, 0.5) is 0 Å². The van der Waals surface area contributed by atoms with Crippen LogP contribution in [0.3, 0.4) is 0 Å². The van der Waals surface area contributed by atoms with Gasteiger partial charge in [0.05, 0.1) is 45.7 Å². The number of aromatic nitrogens is 1. The van der Waals surface area contributed by atoms with Crippen molar-refractivity contribution in [3.63, 3.8) is 0 Å². The van der Waals surface area contributed by atoms with Crippen molar-refractivity contribution >= 4 is 22.7 Å². The summed E-state index contributed by atoms with van der Waals surface area (Å²) in [7, 11) is 4.01. The molecule has 0 spiro atoms. The van der Waals surface area contributed by atoms with Gasteiger partial charge in [0.25, 0.3) is 0 Å². The third kappa shape index (κ3) is 4.30. The van der Waals surface area contributed by atoms with Gasteiger partial charge in [-0.3, -0.25) is 0 Å². The van der Waals surface area contributed by atoms with Crippen molar-refractivity contribution in [3.8, 4) is 28.5 Å². The molecular weight excluding hydrogens is 414 g/mol. The van der Waals surface area contributed by atoms with Gasteiger partial charge < -0.3 is 23.7 Å². The number of rotatable bonds is 8. The van der Waals surface area contributed by atoms with Crippen LogP contribution in [0, 0.1) is 0 Å². The minimum absolute atomic E-state index is 0.0734. The monoisotopic (exact) mass is 439 g/mol. The molecule has 168 valence electrons. The summed E-state index contributed by atoms with van der Waals surface area (Å²) >= 11 is 0. The van der Waals surface area contributed by atoms with E-state index in [0.29, 0.717) is 52.5 Å². The number of carbonyl (C=O) groups is 2. The van der Waals surface area contributed by atoms with Crippen molar-refractivity contribution in [2.75, 3.05) is 34.5 Å². The second-order valence-electron chi connectivity index (χ2n) is 6.63. The van der Waals surface area contributed by atoms with Crippen LogP contribution in [0.25, 0.3) is 21.9 Å². The first-order valence-corrected chi connectivity index (χ1v) is 10.1.